The summed E-state index contributed by atoms with van der Waals surface area (Å²) < 4.78 is 39.2. The van der Waals surface area contributed by atoms with Crippen molar-refractivity contribution in [1.82, 2.24) is 14.5 Å². The first-order valence-corrected chi connectivity index (χ1v) is 12.1. The van der Waals surface area contributed by atoms with E-state index in [1.807, 2.05) is 19.0 Å². The fourth-order valence-electron chi connectivity index (χ4n) is 3.46. The minimum absolute atomic E-state index is 0.125. The molecular weight excluding hydrogens is 471 g/mol. The number of hydrogen-bond donors (Lipinski definition) is 2. The van der Waals surface area contributed by atoms with Gasteiger partial charge in [-0.2, -0.15) is 8.42 Å². The lowest BCUT2D eigenvalue weighted by molar-refractivity contribution is 0.172. The van der Waals surface area contributed by atoms with Crippen molar-refractivity contribution in [2.24, 2.45) is 0 Å². The standard InChI is InChI=1S/C23H27BN4O6S/c1-25-35(31,32)26-19-8-6-7-14(21(19)24)11-17-18(13-27(2)3)16-10-9-15(33-23(30)28(4)5)12-20(16)34-22(17)29/h6-10,12,25-26H,11,13H2,1-5H3. The van der Waals surface area contributed by atoms with Crippen molar-refractivity contribution in [3.63, 3.8) is 0 Å². The van der Waals surface area contributed by atoms with E-state index in [-0.39, 0.29) is 28.9 Å². The van der Waals surface area contributed by atoms with E-state index in [9.17, 15) is 18.0 Å². The lowest BCUT2D eigenvalue weighted by atomic mass is 9.85. The van der Waals surface area contributed by atoms with Crippen LogP contribution in [0.1, 0.15) is 16.7 Å². The normalized spacial score (nSPS) is 11.6. The minimum atomic E-state index is -3.77. The van der Waals surface area contributed by atoms with Crippen LogP contribution in [-0.2, 0) is 23.2 Å². The second-order valence-electron chi connectivity index (χ2n) is 8.37. The lowest BCUT2D eigenvalue weighted by Crippen LogP contribution is -2.30. The van der Waals surface area contributed by atoms with E-state index in [0.717, 1.165) is 5.56 Å². The lowest BCUT2D eigenvalue weighted by Gasteiger charge is -2.18. The van der Waals surface area contributed by atoms with Crippen molar-refractivity contribution in [3.05, 3.63) is 63.5 Å². The number of benzene rings is 2. The molecule has 2 N–H and O–H groups in total. The number of rotatable bonds is 8. The fourth-order valence-corrected chi connectivity index (χ4v) is 4.03. The Kier molecular flexibility index (Phi) is 7.88. The maximum absolute atomic E-state index is 13.1. The molecule has 0 aliphatic rings. The molecule has 0 unspecified atom stereocenters. The Balaban J connectivity index is 2.09. The molecule has 184 valence electrons. The Morgan fingerprint density at radius 3 is 2.46 bits per heavy atom. The molecule has 3 rings (SSSR count). The molecule has 0 atom stereocenters. The van der Waals surface area contributed by atoms with E-state index >= 15 is 0 Å². The number of ether oxygens (including phenoxy) is 1. The van der Waals surface area contributed by atoms with Gasteiger partial charge in [0.15, 0.2) is 0 Å². The highest BCUT2D eigenvalue weighted by atomic mass is 32.2. The molecule has 1 amide bonds. The van der Waals surface area contributed by atoms with E-state index in [0.29, 0.717) is 23.1 Å². The summed E-state index contributed by atoms with van der Waals surface area (Å²) in [6.45, 7) is 0.431. The predicted molar refractivity (Wildman–Crippen MR) is 136 cm³/mol. The molecule has 10 nitrogen and oxygen atoms in total. The molecule has 3 aromatic rings. The van der Waals surface area contributed by atoms with Crippen molar-refractivity contribution in [3.8, 4) is 5.75 Å². The van der Waals surface area contributed by atoms with Gasteiger partial charge in [-0.3, -0.25) is 4.72 Å². The number of hydrogen-bond acceptors (Lipinski definition) is 7. The van der Waals surface area contributed by atoms with Gasteiger partial charge in [0.25, 0.3) is 10.2 Å². The molecule has 0 saturated heterocycles. The third-order valence-corrected chi connectivity index (χ3v) is 6.24. The molecular formula is C23H27BN4O6S. The smallest absolute Gasteiger partial charge is 0.414 e. The largest absolute Gasteiger partial charge is 0.422 e. The number of carbonyl (C=O) groups is 1. The van der Waals surface area contributed by atoms with Gasteiger partial charge in [0.05, 0.1) is 0 Å². The van der Waals surface area contributed by atoms with E-state index in [2.05, 4.69) is 9.44 Å². The van der Waals surface area contributed by atoms with Gasteiger partial charge in [0.2, 0.25) is 0 Å². The molecule has 12 heteroatoms. The number of carbonyl (C=O) groups excluding carboxylic acids is 1. The maximum atomic E-state index is 13.1. The SMILES string of the molecule is [B]c1c(Cc2c(CN(C)C)c3ccc(OC(=O)N(C)C)cc3oc2=O)cccc1NS(=O)(=O)NC. The molecule has 0 fully saturated rings. The van der Waals surface area contributed by atoms with Crippen molar-refractivity contribution in [2.45, 2.75) is 13.0 Å². The zero-order valence-electron chi connectivity index (χ0n) is 20.2. The molecule has 1 heterocycles. The second-order valence-corrected chi connectivity index (χ2v) is 9.99. The Hall–Kier alpha value is -3.35. The van der Waals surface area contributed by atoms with Gasteiger partial charge in [-0.25, -0.2) is 14.3 Å². The summed E-state index contributed by atoms with van der Waals surface area (Å²) in [6, 6.07) is 9.78. The number of anilines is 1. The van der Waals surface area contributed by atoms with Crippen molar-refractivity contribution < 1.29 is 22.4 Å². The van der Waals surface area contributed by atoms with Crippen LogP contribution in [0.5, 0.6) is 5.75 Å². The number of nitrogens with zero attached hydrogens (tertiary/aromatic N) is 2. The van der Waals surface area contributed by atoms with Crippen LogP contribution in [0.25, 0.3) is 11.0 Å². The summed E-state index contributed by atoms with van der Waals surface area (Å²) in [5.41, 5.74) is 1.80. The minimum Gasteiger partial charge on any atom is -0.422 e. The Bertz CT molecular complexity index is 1420. The Morgan fingerprint density at radius 1 is 1.11 bits per heavy atom. The second kappa shape index (κ2) is 10.5. The molecule has 35 heavy (non-hydrogen) atoms. The van der Waals surface area contributed by atoms with Crippen molar-refractivity contribution in [1.29, 1.82) is 0 Å². The molecule has 0 aliphatic carbocycles. The third-order valence-electron chi connectivity index (χ3n) is 5.21. The molecule has 0 bridgehead atoms. The summed E-state index contributed by atoms with van der Waals surface area (Å²) in [5, 5.41) is 0.684. The average molecular weight is 498 g/mol. The van der Waals surface area contributed by atoms with Crippen LogP contribution in [0.2, 0.25) is 0 Å². The van der Waals surface area contributed by atoms with Gasteiger partial charge >= 0.3 is 11.7 Å². The highest BCUT2D eigenvalue weighted by Crippen LogP contribution is 2.27. The van der Waals surface area contributed by atoms with Gasteiger partial charge in [-0.1, -0.05) is 17.6 Å². The Morgan fingerprint density at radius 2 is 1.83 bits per heavy atom. The molecule has 1 aromatic heterocycles. The van der Waals surface area contributed by atoms with Crippen LogP contribution < -0.4 is 25.3 Å². The summed E-state index contributed by atoms with van der Waals surface area (Å²) >= 11 is 0. The van der Waals surface area contributed by atoms with E-state index in [1.54, 1.807) is 38.4 Å². The summed E-state index contributed by atoms with van der Waals surface area (Å²) in [6.07, 6.45) is -0.430. The summed E-state index contributed by atoms with van der Waals surface area (Å²) in [5.74, 6) is 0.247. The van der Waals surface area contributed by atoms with E-state index < -0.39 is 21.9 Å². The number of amides is 1. The van der Waals surface area contributed by atoms with Crippen LogP contribution in [0.4, 0.5) is 10.5 Å². The molecule has 2 aromatic carbocycles. The fraction of sp³-hybridized carbons (Fsp3) is 0.304. The number of nitrogens with one attached hydrogen (secondary N) is 2. The molecule has 2 radical (unpaired) electrons. The van der Waals surface area contributed by atoms with Gasteiger partial charge in [0, 0.05) is 56.8 Å². The topological polar surface area (TPSA) is 121 Å². The summed E-state index contributed by atoms with van der Waals surface area (Å²) in [7, 11) is 10.6. The zero-order chi connectivity index (χ0) is 25.9. The van der Waals surface area contributed by atoms with E-state index in [4.69, 9.17) is 17.0 Å². The summed E-state index contributed by atoms with van der Waals surface area (Å²) in [4.78, 5) is 28.2. The van der Waals surface area contributed by atoms with Gasteiger partial charge in [-0.05, 0) is 43.4 Å². The number of fused-ring (bicyclic) bond motifs is 1. The van der Waals surface area contributed by atoms with Gasteiger partial charge < -0.3 is 19.0 Å². The third kappa shape index (κ3) is 6.21. The van der Waals surface area contributed by atoms with Gasteiger partial charge in [-0.15, -0.1) is 0 Å². The predicted octanol–water partition coefficient (Wildman–Crippen LogP) is 1.18. The first-order valence-electron chi connectivity index (χ1n) is 10.6. The molecule has 0 spiro atoms. The van der Waals surface area contributed by atoms with Crippen molar-refractivity contribution in [2.75, 3.05) is 40.0 Å². The van der Waals surface area contributed by atoms with Gasteiger partial charge in [0.1, 0.15) is 19.2 Å². The van der Waals surface area contributed by atoms with Crippen LogP contribution in [0.15, 0.2) is 45.6 Å². The monoisotopic (exact) mass is 498 g/mol. The highest BCUT2D eigenvalue weighted by Gasteiger charge is 2.19. The van der Waals surface area contributed by atoms with Crippen LogP contribution >= 0.6 is 0 Å². The first kappa shape index (κ1) is 26.3. The molecule has 0 saturated carbocycles. The van der Waals surface area contributed by atoms with Crippen LogP contribution in [-0.4, -0.2) is 67.4 Å². The van der Waals surface area contributed by atoms with Crippen molar-refractivity contribution >= 4 is 46.3 Å². The van der Waals surface area contributed by atoms with Crippen LogP contribution in [0, 0.1) is 0 Å². The average Bonchev–Trinajstić information content (AvgIpc) is 2.77. The zero-order valence-corrected chi connectivity index (χ0v) is 21.0. The van der Waals surface area contributed by atoms with Crippen LogP contribution in [0.3, 0.4) is 0 Å². The highest BCUT2D eigenvalue weighted by molar-refractivity contribution is 7.90. The maximum Gasteiger partial charge on any atom is 0.414 e. The molecule has 0 aliphatic heterocycles. The van der Waals surface area contributed by atoms with E-state index in [1.165, 1.54) is 24.1 Å². The first-order chi connectivity index (χ1) is 16.4. The Labute approximate surface area is 205 Å². The quantitative estimate of drug-likeness (QED) is 0.353.